The standard InChI is InChI=1S/C13H22O2/c1-13(2,3)12(15)11(14)10-7-8-4-5-9(10)6-8/h8-10,12,15H,4-7H2,1-3H3. The van der Waals surface area contributed by atoms with E-state index in [1.807, 2.05) is 20.8 Å². The summed E-state index contributed by atoms with van der Waals surface area (Å²) in [5.74, 6) is 1.63. The van der Waals surface area contributed by atoms with Gasteiger partial charge in [0.15, 0.2) is 5.78 Å². The second-order valence-electron chi connectivity index (χ2n) is 6.45. The summed E-state index contributed by atoms with van der Waals surface area (Å²) in [6, 6.07) is 0. The predicted molar refractivity (Wildman–Crippen MR) is 59.4 cm³/mol. The van der Waals surface area contributed by atoms with Gasteiger partial charge in [0.05, 0.1) is 0 Å². The van der Waals surface area contributed by atoms with Gasteiger partial charge in [0.1, 0.15) is 6.10 Å². The number of aliphatic hydroxyl groups is 1. The summed E-state index contributed by atoms with van der Waals surface area (Å²) in [5.41, 5.74) is -0.307. The van der Waals surface area contributed by atoms with Crippen LogP contribution in [0.15, 0.2) is 0 Å². The molecule has 2 nitrogen and oxygen atoms in total. The van der Waals surface area contributed by atoms with Crippen molar-refractivity contribution in [2.24, 2.45) is 23.2 Å². The van der Waals surface area contributed by atoms with E-state index in [1.165, 1.54) is 19.3 Å². The molecule has 0 aliphatic heterocycles. The van der Waals surface area contributed by atoms with Gasteiger partial charge in [-0.1, -0.05) is 27.2 Å². The normalized spacial score (nSPS) is 36.9. The lowest BCUT2D eigenvalue weighted by Gasteiger charge is -2.29. The molecule has 2 heteroatoms. The molecule has 15 heavy (non-hydrogen) atoms. The lowest BCUT2D eigenvalue weighted by atomic mass is 9.77. The summed E-state index contributed by atoms with van der Waals surface area (Å²) in [4.78, 5) is 12.1. The first kappa shape index (κ1) is 11.1. The molecule has 0 aromatic carbocycles. The van der Waals surface area contributed by atoms with Gasteiger partial charge in [0.2, 0.25) is 0 Å². The highest BCUT2D eigenvalue weighted by atomic mass is 16.3. The highest BCUT2D eigenvalue weighted by Crippen LogP contribution is 2.49. The van der Waals surface area contributed by atoms with E-state index in [2.05, 4.69) is 0 Å². The Morgan fingerprint density at radius 3 is 2.33 bits per heavy atom. The number of fused-ring (bicyclic) bond motifs is 2. The zero-order valence-corrected chi connectivity index (χ0v) is 9.99. The minimum Gasteiger partial charge on any atom is -0.385 e. The van der Waals surface area contributed by atoms with Crippen molar-refractivity contribution >= 4 is 5.78 Å². The molecule has 2 rings (SSSR count). The molecule has 0 amide bonds. The van der Waals surface area contributed by atoms with Crippen LogP contribution in [0.25, 0.3) is 0 Å². The number of hydrogen-bond donors (Lipinski definition) is 1. The summed E-state index contributed by atoms with van der Waals surface area (Å²) in [7, 11) is 0. The molecular formula is C13H22O2. The average Bonchev–Trinajstić information content (AvgIpc) is 2.74. The van der Waals surface area contributed by atoms with E-state index in [9.17, 15) is 9.90 Å². The molecule has 0 radical (unpaired) electrons. The van der Waals surface area contributed by atoms with Gasteiger partial charge < -0.3 is 5.11 Å². The summed E-state index contributed by atoms with van der Waals surface area (Å²) in [6.07, 6.45) is 4.00. The zero-order valence-electron chi connectivity index (χ0n) is 9.99. The average molecular weight is 210 g/mol. The number of aliphatic hydroxyl groups excluding tert-OH is 1. The smallest absolute Gasteiger partial charge is 0.165 e. The summed E-state index contributed by atoms with van der Waals surface area (Å²) >= 11 is 0. The van der Waals surface area contributed by atoms with Crippen LogP contribution in [-0.2, 0) is 4.79 Å². The molecule has 0 heterocycles. The first-order valence-corrected chi connectivity index (χ1v) is 6.11. The quantitative estimate of drug-likeness (QED) is 0.760. The largest absolute Gasteiger partial charge is 0.385 e. The second kappa shape index (κ2) is 3.58. The molecule has 0 saturated heterocycles. The molecular weight excluding hydrogens is 188 g/mol. The first-order valence-electron chi connectivity index (χ1n) is 6.11. The third-order valence-electron chi connectivity index (χ3n) is 4.19. The molecule has 2 bridgehead atoms. The van der Waals surface area contributed by atoms with Crippen LogP contribution in [0, 0.1) is 23.2 Å². The van der Waals surface area contributed by atoms with Crippen LogP contribution >= 0.6 is 0 Å². The van der Waals surface area contributed by atoms with Crippen molar-refractivity contribution in [3.63, 3.8) is 0 Å². The molecule has 2 aliphatic rings. The minimum atomic E-state index is -0.776. The fraction of sp³-hybridized carbons (Fsp3) is 0.923. The van der Waals surface area contributed by atoms with Crippen LogP contribution in [0.1, 0.15) is 46.5 Å². The molecule has 1 N–H and O–H groups in total. The third kappa shape index (κ3) is 1.96. The monoisotopic (exact) mass is 210 g/mol. The van der Waals surface area contributed by atoms with Crippen LogP contribution < -0.4 is 0 Å². The summed E-state index contributed by atoms with van der Waals surface area (Å²) in [5, 5.41) is 9.99. The van der Waals surface area contributed by atoms with Gasteiger partial charge in [-0.3, -0.25) is 4.79 Å². The minimum absolute atomic E-state index is 0.106. The SMILES string of the molecule is CC(C)(C)C(O)C(=O)C1CC2CCC1C2. The van der Waals surface area contributed by atoms with Gasteiger partial charge >= 0.3 is 0 Å². The van der Waals surface area contributed by atoms with E-state index in [0.29, 0.717) is 5.92 Å². The van der Waals surface area contributed by atoms with E-state index in [-0.39, 0.29) is 17.1 Å². The number of carbonyl (C=O) groups is 1. The molecule has 2 aliphatic carbocycles. The number of ketones is 1. The van der Waals surface area contributed by atoms with E-state index >= 15 is 0 Å². The Hall–Kier alpha value is -0.370. The van der Waals surface area contributed by atoms with Crippen molar-refractivity contribution in [1.29, 1.82) is 0 Å². The van der Waals surface area contributed by atoms with Crippen molar-refractivity contribution in [3.05, 3.63) is 0 Å². The molecule has 0 spiro atoms. The van der Waals surface area contributed by atoms with Crippen LogP contribution in [0.4, 0.5) is 0 Å². The van der Waals surface area contributed by atoms with Gasteiger partial charge in [-0.05, 0) is 36.5 Å². The maximum Gasteiger partial charge on any atom is 0.165 e. The highest BCUT2D eigenvalue weighted by molar-refractivity contribution is 5.86. The van der Waals surface area contributed by atoms with Gasteiger partial charge in [0.25, 0.3) is 0 Å². The molecule has 4 unspecified atom stereocenters. The number of hydrogen-bond acceptors (Lipinski definition) is 2. The Kier molecular flexibility index (Phi) is 2.66. The van der Waals surface area contributed by atoms with E-state index in [4.69, 9.17) is 0 Å². The van der Waals surface area contributed by atoms with Crippen molar-refractivity contribution in [2.45, 2.75) is 52.6 Å². The van der Waals surface area contributed by atoms with Gasteiger partial charge in [-0.15, -0.1) is 0 Å². The van der Waals surface area contributed by atoms with Crippen molar-refractivity contribution in [2.75, 3.05) is 0 Å². The maximum atomic E-state index is 12.1. The first-order chi connectivity index (χ1) is 6.89. The van der Waals surface area contributed by atoms with Crippen LogP contribution in [0.2, 0.25) is 0 Å². The van der Waals surface area contributed by atoms with Crippen molar-refractivity contribution in [3.8, 4) is 0 Å². The molecule has 4 atom stereocenters. The van der Waals surface area contributed by atoms with E-state index in [1.54, 1.807) is 0 Å². The summed E-state index contributed by atoms with van der Waals surface area (Å²) < 4.78 is 0. The lowest BCUT2D eigenvalue weighted by Crippen LogP contribution is -2.39. The fourth-order valence-electron chi connectivity index (χ4n) is 3.22. The topological polar surface area (TPSA) is 37.3 Å². The van der Waals surface area contributed by atoms with Crippen LogP contribution in [0.3, 0.4) is 0 Å². The Bertz CT molecular complexity index is 264. The Morgan fingerprint density at radius 2 is 1.93 bits per heavy atom. The maximum absolute atomic E-state index is 12.1. The number of carbonyl (C=O) groups excluding carboxylic acids is 1. The zero-order chi connectivity index (χ0) is 11.2. The highest BCUT2D eigenvalue weighted by Gasteiger charge is 2.46. The Balaban J connectivity index is 2.03. The van der Waals surface area contributed by atoms with E-state index in [0.717, 1.165) is 12.3 Å². The number of rotatable bonds is 2. The molecule has 0 aromatic rings. The van der Waals surface area contributed by atoms with Gasteiger partial charge in [0, 0.05) is 5.92 Å². The van der Waals surface area contributed by atoms with Gasteiger partial charge in [-0.25, -0.2) is 0 Å². The molecule has 86 valence electrons. The molecule has 2 saturated carbocycles. The lowest BCUT2D eigenvalue weighted by molar-refractivity contribution is -0.138. The Morgan fingerprint density at radius 1 is 1.27 bits per heavy atom. The van der Waals surface area contributed by atoms with E-state index < -0.39 is 6.10 Å². The van der Waals surface area contributed by atoms with Crippen molar-refractivity contribution in [1.82, 2.24) is 0 Å². The van der Waals surface area contributed by atoms with Crippen LogP contribution in [0.5, 0.6) is 0 Å². The predicted octanol–water partition coefficient (Wildman–Crippen LogP) is 2.40. The second-order valence-corrected chi connectivity index (χ2v) is 6.45. The summed E-state index contributed by atoms with van der Waals surface area (Å²) in [6.45, 7) is 5.80. The third-order valence-corrected chi connectivity index (χ3v) is 4.19. The number of Topliss-reactive ketones (excluding diaryl/α,β-unsaturated/α-hetero) is 1. The van der Waals surface area contributed by atoms with Gasteiger partial charge in [-0.2, -0.15) is 0 Å². The fourth-order valence-corrected chi connectivity index (χ4v) is 3.22. The Labute approximate surface area is 92.1 Å². The molecule has 2 fully saturated rings. The van der Waals surface area contributed by atoms with Crippen molar-refractivity contribution < 1.29 is 9.90 Å². The van der Waals surface area contributed by atoms with Crippen LogP contribution in [-0.4, -0.2) is 17.0 Å². The molecule has 0 aromatic heterocycles.